The molecule has 6 heteroatoms. The van der Waals surface area contributed by atoms with Gasteiger partial charge in [-0.1, -0.05) is 0 Å². The van der Waals surface area contributed by atoms with Crippen molar-refractivity contribution in [1.29, 1.82) is 0 Å². The molecule has 0 saturated carbocycles. The number of aliphatic hydroxyl groups is 1. The topological polar surface area (TPSA) is 78.6 Å². The predicted molar refractivity (Wildman–Crippen MR) is 85.6 cm³/mol. The number of rotatable bonds is 8. The van der Waals surface area contributed by atoms with Crippen molar-refractivity contribution in [3.05, 3.63) is 22.7 Å². The number of hydrogen-bond acceptors (Lipinski definition) is 4. The molecular weight excluding hydrogens is 322 g/mol. The number of carbonyl (C=O) groups excluding carboxylic acids is 1. The van der Waals surface area contributed by atoms with E-state index >= 15 is 0 Å². The van der Waals surface area contributed by atoms with Crippen molar-refractivity contribution in [1.82, 2.24) is 4.90 Å². The number of nitrogens with two attached hydrogens (primary N) is 1. The molecule has 5 nitrogen and oxygen atoms in total. The highest BCUT2D eigenvalue weighted by molar-refractivity contribution is 9.10. The zero-order valence-corrected chi connectivity index (χ0v) is 13.3. The lowest BCUT2D eigenvalue weighted by atomic mass is 10.2. The molecule has 0 spiro atoms. The molecule has 0 unspecified atom stereocenters. The first kappa shape index (κ1) is 16.9. The van der Waals surface area contributed by atoms with Crippen LogP contribution in [0.2, 0.25) is 0 Å². The number of hydrogen-bond donors (Lipinski definition) is 3. The average Bonchev–Trinajstić information content (AvgIpc) is 2.38. The van der Waals surface area contributed by atoms with Gasteiger partial charge in [0.2, 0.25) is 5.91 Å². The highest BCUT2D eigenvalue weighted by Gasteiger charge is 2.08. The Hall–Kier alpha value is -1.11. The third-order valence-corrected chi connectivity index (χ3v) is 3.53. The van der Waals surface area contributed by atoms with E-state index in [-0.39, 0.29) is 12.5 Å². The van der Waals surface area contributed by atoms with Gasteiger partial charge in [-0.15, -0.1) is 0 Å². The Labute approximate surface area is 128 Å². The minimum atomic E-state index is -0.0554. The third-order valence-electron chi connectivity index (χ3n) is 2.88. The van der Waals surface area contributed by atoms with Crippen LogP contribution < -0.4 is 11.1 Å². The van der Waals surface area contributed by atoms with Crippen LogP contribution in [-0.2, 0) is 4.79 Å². The van der Waals surface area contributed by atoms with Crippen LogP contribution in [0.5, 0.6) is 0 Å². The fourth-order valence-corrected chi connectivity index (χ4v) is 2.31. The van der Waals surface area contributed by atoms with E-state index in [0.29, 0.717) is 12.2 Å². The van der Waals surface area contributed by atoms with Gasteiger partial charge in [0.25, 0.3) is 0 Å². The van der Waals surface area contributed by atoms with Gasteiger partial charge in [-0.25, -0.2) is 0 Å². The van der Waals surface area contributed by atoms with Crippen molar-refractivity contribution in [3.8, 4) is 0 Å². The summed E-state index contributed by atoms with van der Waals surface area (Å²) in [4.78, 5) is 13.9. The van der Waals surface area contributed by atoms with Crippen LogP contribution in [0, 0.1) is 0 Å². The van der Waals surface area contributed by atoms with Gasteiger partial charge in [0.1, 0.15) is 0 Å². The predicted octanol–water partition coefficient (Wildman–Crippen LogP) is 2.06. The quantitative estimate of drug-likeness (QED) is 0.498. The fourth-order valence-electron chi connectivity index (χ4n) is 1.82. The maximum atomic E-state index is 11.9. The second-order valence-corrected chi connectivity index (χ2v) is 5.66. The van der Waals surface area contributed by atoms with E-state index in [9.17, 15) is 4.79 Å². The molecule has 0 fully saturated rings. The van der Waals surface area contributed by atoms with Gasteiger partial charge in [0, 0.05) is 16.8 Å². The van der Waals surface area contributed by atoms with E-state index in [1.165, 1.54) is 0 Å². The fraction of sp³-hybridized carbons (Fsp3) is 0.500. The van der Waals surface area contributed by atoms with Crippen LogP contribution in [0.15, 0.2) is 22.7 Å². The van der Waals surface area contributed by atoms with E-state index in [0.717, 1.165) is 36.0 Å². The Kier molecular flexibility index (Phi) is 7.58. The Morgan fingerprint density at radius 1 is 1.40 bits per heavy atom. The Morgan fingerprint density at radius 3 is 2.80 bits per heavy atom. The summed E-state index contributed by atoms with van der Waals surface area (Å²) in [5, 5.41) is 11.5. The molecule has 0 aliphatic carbocycles. The minimum Gasteiger partial charge on any atom is -0.399 e. The highest BCUT2D eigenvalue weighted by atomic mass is 79.9. The molecule has 20 heavy (non-hydrogen) atoms. The van der Waals surface area contributed by atoms with Crippen LogP contribution in [-0.4, -0.2) is 42.7 Å². The number of aliphatic hydroxyl groups excluding tert-OH is 1. The molecule has 0 atom stereocenters. The molecule has 1 aromatic carbocycles. The van der Waals surface area contributed by atoms with Gasteiger partial charge >= 0.3 is 0 Å². The summed E-state index contributed by atoms with van der Waals surface area (Å²) < 4.78 is 0.774. The molecule has 1 amide bonds. The lowest BCUT2D eigenvalue weighted by Gasteiger charge is -2.16. The summed E-state index contributed by atoms with van der Waals surface area (Å²) in [7, 11) is 1.91. The summed E-state index contributed by atoms with van der Waals surface area (Å²) in [5.41, 5.74) is 7.02. The van der Waals surface area contributed by atoms with Crippen molar-refractivity contribution in [2.75, 3.05) is 37.8 Å². The summed E-state index contributed by atoms with van der Waals surface area (Å²) in [6, 6.07) is 5.28. The Morgan fingerprint density at radius 2 is 2.15 bits per heavy atom. The number of carbonyl (C=O) groups is 1. The molecule has 112 valence electrons. The molecule has 1 rings (SSSR count). The Balaban J connectivity index is 2.35. The van der Waals surface area contributed by atoms with Crippen LogP contribution in [0.4, 0.5) is 11.4 Å². The summed E-state index contributed by atoms with van der Waals surface area (Å²) >= 11 is 3.37. The van der Waals surface area contributed by atoms with Crippen molar-refractivity contribution in [3.63, 3.8) is 0 Å². The lowest BCUT2D eigenvalue weighted by Crippen LogP contribution is -2.31. The monoisotopic (exact) mass is 343 g/mol. The first-order chi connectivity index (χ1) is 9.52. The number of nitrogens with zero attached hydrogens (tertiary/aromatic N) is 1. The van der Waals surface area contributed by atoms with Crippen LogP contribution in [0.3, 0.4) is 0 Å². The van der Waals surface area contributed by atoms with Crippen LogP contribution in [0.25, 0.3) is 0 Å². The number of amides is 1. The molecule has 0 aromatic heterocycles. The standard InChI is InChI=1S/C14H22BrN3O2/c1-18(7-3-2-4-8-19)10-14(20)17-13-6-5-11(16)9-12(13)15/h5-6,9,19H,2-4,7-8,10,16H2,1H3,(H,17,20). The number of nitrogens with one attached hydrogen (secondary N) is 1. The van der Waals surface area contributed by atoms with Crippen molar-refractivity contribution in [2.24, 2.45) is 0 Å². The van der Waals surface area contributed by atoms with Gasteiger partial charge in [-0.3, -0.25) is 9.69 Å². The second-order valence-electron chi connectivity index (χ2n) is 4.81. The average molecular weight is 344 g/mol. The normalized spacial score (nSPS) is 10.8. The van der Waals surface area contributed by atoms with E-state index in [2.05, 4.69) is 21.2 Å². The van der Waals surface area contributed by atoms with Crippen molar-refractivity contribution < 1.29 is 9.90 Å². The first-order valence-corrected chi connectivity index (χ1v) is 7.46. The minimum absolute atomic E-state index is 0.0554. The largest absolute Gasteiger partial charge is 0.399 e. The lowest BCUT2D eigenvalue weighted by molar-refractivity contribution is -0.117. The van der Waals surface area contributed by atoms with E-state index < -0.39 is 0 Å². The van der Waals surface area contributed by atoms with Gasteiger partial charge in [-0.2, -0.15) is 0 Å². The van der Waals surface area contributed by atoms with E-state index in [4.69, 9.17) is 10.8 Å². The molecule has 0 heterocycles. The highest BCUT2D eigenvalue weighted by Crippen LogP contribution is 2.24. The molecular formula is C14H22BrN3O2. The van der Waals surface area contributed by atoms with Gasteiger partial charge in [-0.05, 0) is 67.0 Å². The smallest absolute Gasteiger partial charge is 0.238 e. The zero-order chi connectivity index (χ0) is 15.0. The number of unbranched alkanes of at least 4 members (excludes halogenated alkanes) is 2. The van der Waals surface area contributed by atoms with E-state index in [1.54, 1.807) is 18.2 Å². The molecule has 1 aromatic rings. The van der Waals surface area contributed by atoms with Crippen LogP contribution >= 0.6 is 15.9 Å². The number of benzene rings is 1. The zero-order valence-electron chi connectivity index (χ0n) is 11.7. The third kappa shape index (κ3) is 6.36. The van der Waals surface area contributed by atoms with Gasteiger partial charge < -0.3 is 16.2 Å². The van der Waals surface area contributed by atoms with E-state index in [1.807, 2.05) is 11.9 Å². The summed E-state index contributed by atoms with van der Waals surface area (Å²) in [6.45, 7) is 1.42. The van der Waals surface area contributed by atoms with Gasteiger partial charge in [0.05, 0.1) is 12.2 Å². The second kappa shape index (κ2) is 8.94. The maximum absolute atomic E-state index is 11.9. The van der Waals surface area contributed by atoms with Crippen molar-refractivity contribution >= 4 is 33.2 Å². The molecule has 0 radical (unpaired) electrons. The number of halogens is 1. The Bertz CT molecular complexity index is 440. The molecule has 0 aliphatic heterocycles. The van der Waals surface area contributed by atoms with Crippen LogP contribution in [0.1, 0.15) is 19.3 Å². The van der Waals surface area contributed by atoms with Crippen molar-refractivity contribution in [2.45, 2.75) is 19.3 Å². The molecule has 4 N–H and O–H groups in total. The summed E-state index contributed by atoms with van der Waals surface area (Å²) in [6.07, 6.45) is 2.78. The first-order valence-electron chi connectivity index (χ1n) is 6.67. The maximum Gasteiger partial charge on any atom is 0.238 e. The summed E-state index contributed by atoms with van der Waals surface area (Å²) in [5.74, 6) is -0.0554. The van der Waals surface area contributed by atoms with Gasteiger partial charge in [0.15, 0.2) is 0 Å². The SMILES string of the molecule is CN(CCCCCO)CC(=O)Nc1ccc(N)cc1Br. The molecule has 0 bridgehead atoms. The number of nitrogen functional groups attached to an aromatic ring is 1. The number of likely N-dealkylation sites (N-methyl/N-ethyl adjacent to an activating group) is 1. The molecule has 0 aliphatic rings. The number of anilines is 2. The molecule has 0 saturated heterocycles.